The van der Waals surface area contributed by atoms with Crippen LogP contribution in [0.1, 0.15) is 36.4 Å². The van der Waals surface area contributed by atoms with Gasteiger partial charge in [-0.2, -0.15) is 0 Å². The Morgan fingerprint density at radius 2 is 2.06 bits per heavy atom. The second kappa shape index (κ2) is 5.32. The maximum atomic E-state index is 6.09. The van der Waals surface area contributed by atoms with E-state index < -0.39 is 0 Å². The minimum Gasteiger partial charge on any atom is -0.330 e. The summed E-state index contributed by atoms with van der Waals surface area (Å²) in [6, 6.07) is 6.99. The average molecular weight is 311 g/mol. The van der Waals surface area contributed by atoms with Crippen LogP contribution in [-0.2, 0) is 0 Å². The second-order valence-corrected chi connectivity index (χ2v) is 6.70. The van der Waals surface area contributed by atoms with Crippen LogP contribution in [0.25, 0.3) is 0 Å². The Morgan fingerprint density at radius 1 is 1.39 bits per heavy atom. The summed E-state index contributed by atoms with van der Waals surface area (Å²) in [6.07, 6.45) is 3.81. The van der Waals surface area contributed by atoms with E-state index in [0.29, 0.717) is 6.04 Å². The molecule has 0 heterocycles. The fourth-order valence-electron chi connectivity index (χ4n) is 3.28. The first-order valence-corrected chi connectivity index (χ1v) is 7.42. The Bertz CT molecular complexity index is 419. The van der Waals surface area contributed by atoms with Gasteiger partial charge < -0.3 is 10.6 Å². The molecule has 2 nitrogen and oxygen atoms in total. The third-order valence-corrected chi connectivity index (χ3v) is 4.88. The summed E-state index contributed by atoms with van der Waals surface area (Å²) < 4.78 is 1.15. The van der Waals surface area contributed by atoms with Gasteiger partial charge in [-0.05, 0) is 63.7 Å². The maximum Gasteiger partial charge on any atom is 0.0413 e. The smallest absolute Gasteiger partial charge is 0.0413 e. The van der Waals surface area contributed by atoms with Crippen LogP contribution in [0.5, 0.6) is 0 Å². The van der Waals surface area contributed by atoms with Crippen molar-refractivity contribution >= 4 is 15.9 Å². The monoisotopic (exact) mass is 310 g/mol. The van der Waals surface area contributed by atoms with E-state index in [1.165, 1.54) is 30.4 Å². The van der Waals surface area contributed by atoms with E-state index in [4.69, 9.17) is 5.73 Å². The number of hydrogen-bond donors (Lipinski definition) is 1. The molecule has 18 heavy (non-hydrogen) atoms. The molecule has 3 heteroatoms. The number of rotatable bonds is 4. The number of halogens is 1. The van der Waals surface area contributed by atoms with Gasteiger partial charge in [-0.3, -0.25) is 0 Å². The van der Waals surface area contributed by atoms with E-state index in [1.807, 2.05) is 0 Å². The van der Waals surface area contributed by atoms with Crippen LogP contribution < -0.4 is 5.73 Å². The van der Waals surface area contributed by atoms with Crippen molar-refractivity contribution in [3.05, 3.63) is 33.8 Å². The van der Waals surface area contributed by atoms with Crippen LogP contribution in [0.2, 0.25) is 0 Å². The molecule has 0 aliphatic heterocycles. The van der Waals surface area contributed by atoms with Gasteiger partial charge in [0.1, 0.15) is 0 Å². The van der Waals surface area contributed by atoms with Crippen LogP contribution in [0.4, 0.5) is 0 Å². The van der Waals surface area contributed by atoms with E-state index in [-0.39, 0.29) is 5.41 Å². The first-order chi connectivity index (χ1) is 8.50. The normalized spacial score (nSPS) is 19.7. The van der Waals surface area contributed by atoms with Gasteiger partial charge in [-0.15, -0.1) is 0 Å². The molecule has 0 aromatic heterocycles. The minimum absolute atomic E-state index is 0.273. The van der Waals surface area contributed by atoms with Gasteiger partial charge in [0.15, 0.2) is 0 Å². The Hall–Kier alpha value is -0.380. The number of hydrogen-bond acceptors (Lipinski definition) is 2. The van der Waals surface area contributed by atoms with Crippen molar-refractivity contribution in [1.82, 2.24) is 4.90 Å². The molecular weight excluding hydrogens is 288 g/mol. The highest BCUT2D eigenvalue weighted by atomic mass is 79.9. The summed E-state index contributed by atoms with van der Waals surface area (Å²) in [4.78, 5) is 2.33. The molecule has 0 radical (unpaired) electrons. The Balaban J connectivity index is 2.44. The summed E-state index contributed by atoms with van der Waals surface area (Å²) in [5.41, 5.74) is 9.14. The van der Waals surface area contributed by atoms with Gasteiger partial charge in [0.2, 0.25) is 0 Å². The summed E-state index contributed by atoms with van der Waals surface area (Å²) in [5, 5.41) is 0. The van der Waals surface area contributed by atoms with Crippen molar-refractivity contribution in [3.63, 3.8) is 0 Å². The number of benzene rings is 1. The van der Waals surface area contributed by atoms with Crippen LogP contribution in [0, 0.1) is 12.3 Å². The molecule has 100 valence electrons. The van der Waals surface area contributed by atoms with E-state index in [2.05, 4.69) is 60.0 Å². The van der Waals surface area contributed by atoms with Gasteiger partial charge in [-0.25, -0.2) is 0 Å². The van der Waals surface area contributed by atoms with Crippen molar-refractivity contribution in [2.24, 2.45) is 11.1 Å². The zero-order chi connectivity index (χ0) is 13.3. The van der Waals surface area contributed by atoms with Crippen molar-refractivity contribution in [2.75, 3.05) is 20.6 Å². The fourth-order valence-corrected chi connectivity index (χ4v) is 3.66. The number of nitrogens with zero attached hydrogens (tertiary/aromatic N) is 1. The summed E-state index contributed by atoms with van der Waals surface area (Å²) in [5.74, 6) is 0. The van der Waals surface area contributed by atoms with E-state index >= 15 is 0 Å². The zero-order valence-electron chi connectivity index (χ0n) is 11.5. The fraction of sp³-hybridized carbons (Fsp3) is 0.600. The van der Waals surface area contributed by atoms with Crippen molar-refractivity contribution in [2.45, 2.75) is 32.2 Å². The summed E-state index contributed by atoms with van der Waals surface area (Å²) >= 11 is 3.59. The lowest BCUT2D eigenvalue weighted by atomic mass is 9.61. The second-order valence-electron chi connectivity index (χ2n) is 5.79. The Labute approximate surface area is 119 Å². The highest BCUT2D eigenvalue weighted by molar-refractivity contribution is 9.10. The lowest BCUT2D eigenvalue weighted by molar-refractivity contribution is 0.0278. The standard InChI is InChI=1S/C15H23BrN2/c1-11-5-6-12(16)9-13(11)14(18(2)3)15(10-17)7-4-8-15/h5-6,9,14H,4,7-8,10,17H2,1-3H3. The molecule has 0 amide bonds. The Kier molecular flexibility index (Phi) is 4.15. The minimum atomic E-state index is 0.273. The van der Waals surface area contributed by atoms with Crippen LogP contribution in [0.15, 0.2) is 22.7 Å². The predicted octanol–water partition coefficient (Wildman–Crippen LogP) is 3.49. The SMILES string of the molecule is Cc1ccc(Br)cc1C(N(C)C)C1(CN)CCC1. The molecule has 1 aliphatic rings. The molecular formula is C15H23BrN2. The van der Waals surface area contributed by atoms with Crippen LogP contribution in [0.3, 0.4) is 0 Å². The van der Waals surface area contributed by atoms with Gasteiger partial charge in [-0.1, -0.05) is 28.4 Å². The molecule has 1 atom stereocenters. The van der Waals surface area contributed by atoms with Gasteiger partial charge in [0.25, 0.3) is 0 Å². The summed E-state index contributed by atoms with van der Waals surface area (Å²) in [7, 11) is 4.33. The van der Waals surface area contributed by atoms with Crippen LogP contribution >= 0.6 is 15.9 Å². The molecule has 1 saturated carbocycles. The average Bonchev–Trinajstić information content (AvgIpc) is 2.26. The lowest BCUT2D eigenvalue weighted by Gasteiger charge is -2.50. The molecule has 0 bridgehead atoms. The third kappa shape index (κ3) is 2.36. The predicted molar refractivity (Wildman–Crippen MR) is 80.6 cm³/mol. The highest BCUT2D eigenvalue weighted by Gasteiger charge is 2.45. The molecule has 1 aromatic rings. The lowest BCUT2D eigenvalue weighted by Crippen LogP contribution is -2.47. The van der Waals surface area contributed by atoms with Gasteiger partial charge >= 0.3 is 0 Å². The van der Waals surface area contributed by atoms with Gasteiger partial charge in [0.05, 0.1) is 0 Å². The van der Waals surface area contributed by atoms with Crippen molar-refractivity contribution < 1.29 is 0 Å². The van der Waals surface area contributed by atoms with E-state index in [9.17, 15) is 0 Å². The molecule has 2 N–H and O–H groups in total. The summed E-state index contributed by atoms with van der Waals surface area (Å²) in [6.45, 7) is 2.98. The molecule has 0 saturated heterocycles. The third-order valence-electron chi connectivity index (χ3n) is 4.39. The molecule has 2 rings (SSSR count). The molecule has 1 unspecified atom stereocenters. The molecule has 1 aliphatic carbocycles. The maximum absolute atomic E-state index is 6.09. The highest BCUT2D eigenvalue weighted by Crippen LogP contribution is 2.52. The van der Waals surface area contributed by atoms with E-state index in [1.54, 1.807) is 0 Å². The molecule has 1 fully saturated rings. The van der Waals surface area contributed by atoms with Crippen LogP contribution in [-0.4, -0.2) is 25.5 Å². The van der Waals surface area contributed by atoms with Crippen molar-refractivity contribution in [3.8, 4) is 0 Å². The molecule has 1 aromatic carbocycles. The van der Waals surface area contributed by atoms with E-state index in [0.717, 1.165) is 11.0 Å². The Morgan fingerprint density at radius 3 is 2.50 bits per heavy atom. The largest absolute Gasteiger partial charge is 0.330 e. The van der Waals surface area contributed by atoms with Gasteiger partial charge in [0, 0.05) is 15.9 Å². The molecule has 0 spiro atoms. The van der Waals surface area contributed by atoms with Crippen molar-refractivity contribution in [1.29, 1.82) is 0 Å². The first-order valence-electron chi connectivity index (χ1n) is 6.63. The number of aryl methyl sites for hydroxylation is 1. The topological polar surface area (TPSA) is 29.3 Å². The zero-order valence-corrected chi connectivity index (χ0v) is 13.1. The first kappa shape index (κ1) is 14.0. The number of nitrogens with two attached hydrogens (primary N) is 1. The quantitative estimate of drug-likeness (QED) is 0.922.